The Labute approximate surface area is 155 Å². The quantitative estimate of drug-likeness (QED) is 0.804. The maximum absolute atomic E-state index is 12.4. The minimum atomic E-state index is -3.23. The SMILES string of the molecule is CCS(=O)(=O)c1ccc(NC(=O)Cc2c(C)nn(CC(C)C)c2C)cc1. The number of sulfone groups is 1. The molecule has 1 amide bonds. The van der Waals surface area contributed by atoms with Gasteiger partial charge in [-0.05, 0) is 44.0 Å². The number of nitrogens with one attached hydrogen (secondary N) is 1. The van der Waals surface area contributed by atoms with Crippen LogP contribution in [0.4, 0.5) is 5.69 Å². The van der Waals surface area contributed by atoms with E-state index in [2.05, 4.69) is 24.3 Å². The molecule has 0 fully saturated rings. The average Bonchev–Trinajstić information content (AvgIpc) is 2.82. The third kappa shape index (κ3) is 4.72. The van der Waals surface area contributed by atoms with Crippen LogP contribution >= 0.6 is 0 Å². The largest absolute Gasteiger partial charge is 0.326 e. The van der Waals surface area contributed by atoms with Gasteiger partial charge in [0.05, 0.1) is 22.8 Å². The molecule has 0 bridgehead atoms. The molecule has 1 heterocycles. The van der Waals surface area contributed by atoms with E-state index in [0.717, 1.165) is 23.5 Å². The summed E-state index contributed by atoms with van der Waals surface area (Å²) in [6.07, 6.45) is 0.241. The Balaban J connectivity index is 2.09. The minimum Gasteiger partial charge on any atom is -0.326 e. The van der Waals surface area contributed by atoms with Crippen molar-refractivity contribution in [3.8, 4) is 0 Å². The van der Waals surface area contributed by atoms with E-state index in [1.54, 1.807) is 19.1 Å². The molecule has 142 valence electrons. The number of hydrogen-bond donors (Lipinski definition) is 1. The monoisotopic (exact) mass is 377 g/mol. The van der Waals surface area contributed by atoms with Gasteiger partial charge in [-0.3, -0.25) is 9.48 Å². The van der Waals surface area contributed by atoms with Gasteiger partial charge < -0.3 is 5.32 Å². The lowest BCUT2D eigenvalue weighted by atomic mass is 10.1. The Morgan fingerprint density at radius 1 is 1.19 bits per heavy atom. The number of rotatable bonds is 7. The zero-order valence-electron chi connectivity index (χ0n) is 16.0. The fourth-order valence-electron chi connectivity index (χ4n) is 2.79. The molecule has 7 heteroatoms. The van der Waals surface area contributed by atoms with Crippen LogP contribution in [0.2, 0.25) is 0 Å². The number of carbonyl (C=O) groups is 1. The van der Waals surface area contributed by atoms with Crippen molar-refractivity contribution < 1.29 is 13.2 Å². The third-order valence-electron chi connectivity index (χ3n) is 4.28. The maximum Gasteiger partial charge on any atom is 0.228 e. The van der Waals surface area contributed by atoms with Crippen molar-refractivity contribution in [1.82, 2.24) is 9.78 Å². The molecule has 0 atom stereocenters. The van der Waals surface area contributed by atoms with Gasteiger partial charge in [0, 0.05) is 23.5 Å². The Morgan fingerprint density at radius 2 is 1.81 bits per heavy atom. The summed E-state index contributed by atoms with van der Waals surface area (Å²) in [5, 5.41) is 7.35. The second-order valence-corrected chi connectivity index (χ2v) is 9.16. The van der Waals surface area contributed by atoms with Crippen molar-refractivity contribution in [2.24, 2.45) is 5.92 Å². The molecule has 0 aliphatic rings. The minimum absolute atomic E-state index is 0.0532. The molecule has 0 aliphatic heterocycles. The molecule has 0 radical (unpaired) electrons. The third-order valence-corrected chi connectivity index (χ3v) is 6.03. The van der Waals surface area contributed by atoms with E-state index in [4.69, 9.17) is 0 Å². The van der Waals surface area contributed by atoms with Crippen molar-refractivity contribution >= 4 is 21.4 Å². The molecule has 1 aromatic carbocycles. The average molecular weight is 378 g/mol. The molecule has 6 nitrogen and oxygen atoms in total. The van der Waals surface area contributed by atoms with Crippen LogP contribution in [0.3, 0.4) is 0 Å². The molecule has 0 spiro atoms. The number of aromatic nitrogens is 2. The van der Waals surface area contributed by atoms with E-state index in [1.807, 2.05) is 18.5 Å². The van der Waals surface area contributed by atoms with Gasteiger partial charge in [0.15, 0.2) is 9.84 Å². The van der Waals surface area contributed by atoms with Crippen LogP contribution in [0, 0.1) is 19.8 Å². The smallest absolute Gasteiger partial charge is 0.228 e. The number of aryl methyl sites for hydroxylation is 1. The first-order chi connectivity index (χ1) is 12.1. The van der Waals surface area contributed by atoms with Gasteiger partial charge in [0.2, 0.25) is 5.91 Å². The van der Waals surface area contributed by atoms with E-state index in [9.17, 15) is 13.2 Å². The lowest BCUT2D eigenvalue weighted by Crippen LogP contribution is -2.16. The Bertz CT molecular complexity index is 881. The summed E-state index contributed by atoms with van der Waals surface area (Å²) in [6.45, 7) is 10.6. The lowest BCUT2D eigenvalue weighted by molar-refractivity contribution is -0.115. The highest BCUT2D eigenvalue weighted by Gasteiger charge is 2.16. The number of benzene rings is 1. The van der Waals surface area contributed by atoms with Crippen LogP contribution in [0.15, 0.2) is 29.2 Å². The van der Waals surface area contributed by atoms with E-state index < -0.39 is 9.84 Å². The van der Waals surface area contributed by atoms with Gasteiger partial charge in [-0.2, -0.15) is 5.10 Å². The van der Waals surface area contributed by atoms with Crippen molar-refractivity contribution in [3.05, 3.63) is 41.2 Å². The summed E-state index contributed by atoms with van der Waals surface area (Å²) in [5.74, 6) is 0.386. The molecule has 1 aromatic heterocycles. The molecule has 2 rings (SSSR count). The first-order valence-corrected chi connectivity index (χ1v) is 10.4. The highest BCUT2D eigenvalue weighted by molar-refractivity contribution is 7.91. The summed E-state index contributed by atoms with van der Waals surface area (Å²) in [4.78, 5) is 12.7. The Hall–Kier alpha value is -2.15. The van der Waals surface area contributed by atoms with Crippen molar-refractivity contribution in [2.75, 3.05) is 11.1 Å². The number of carbonyl (C=O) groups excluding carboxylic acids is 1. The van der Waals surface area contributed by atoms with Gasteiger partial charge in [-0.15, -0.1) is 0 Å². The molecule has 0 unspecified atom stereocenters. The summed E-state index contributed by atoms with van der Waals surface area (Å²) in [6, 6.07) is 6.27. The first kappa shape index (κ1) is 20.2. The maximum atomic E-state index is 12.4. The molecular formula is C19H27N3O3S. The molecule has 2 aromatic rings. The molecule has 0 saturated carbocycles. The summed E-state index contributed by atoms with van der Waals surface area (Å²) in [5.41, 5.74) is 3.39. The molecule has 0 aliphatic carbocycles. The second kappa shape index (κ2) is 8.03. The van der Waals surface area contributed by atoms with Crippen molar-refractivity contribution in [3.63, 3.8) is 0 Å². The van der Waals surface area contributed by atoms with Gasteiger partial charge >= 0.3 is 0 Å². The predicted molar refractivity (Wildman–Crippen MR) is 103 cm³/mol. The topological polar surface area (TPSA) is 81.1 Å². The van der Waals surface area contributed by atoms with Crippen LogP contribution in [0.25, 0.3) is 0 Å². The fraction of sp³-hybridized carbons (Fsp3) is 0.474. The highest BCUT2D eigenvalue weighted by atomic mass is 32.2. The van der Waals surface area contributed by atoms with Crippen molar-refractivity contribution in [1.29, 1.82) is 0 Å². The summed E-state index contributed by atoms with van der Waals surface area (Å²) in [7, 11) is -3.23. The number of nitrogens with zero attached hydrogens (tertiary/aromatic N) is 2. The van der Waals surface area contributed by atoms with Gasteiger partial charge in [0.25, 0.3) is 0 Å². The number of anilines is 1. The molecule has 0 saturated heterocycles. The fourth-order valence-corrected chi connectivity index (χ4v) is 3.68. The molecular weight excluding hydrogens is 350 g/mol. The Morgan fingerprint density at radius 3 is 2.35 bits per heavy atom. The predicted octanol–water partition coefficient (Wildman–Crippen LogP) is 3.13. The molecule has 1 N–H and O–H groups in total. The zero-order valence-corrected chi connectivity index (χ0v) is 16.9. The zero-order chi connectivity index (χ0) is 19.5. The number of hydrogen-bond acceptors (Lipinski definition) is 4. The second-order valence-electron chi connectivity index (χ2n) is 6.88. The van der Waals surface area contributed by atoms with Crippen LogP contribution in [0.1, 0.15) is 37.7 Å². The lowest BCUT2D eigenvalue weighted by Gasteiger charge is -2.09. The summed E-state index contributed by atoms with van der Waals surface area (Å²) < 4.78 is 25.6. The van der Waals surface area contributed by atoms with Gasteiger partial charge in [0.1, 0.15) is 0 Å². The van der Waals surface area contributed by atoms with Gasteiger partial charge in [-0.1, -0.05) is 20.8 Å². The normalized spacial score (nSPS) is 11.8. The van der Waals surface area contributed by atoms with Gasteiger partial charge in [-0.25, -0.2) is 8.42 Å². The summed E-state index contributed by atoms with van der Waals surface area (Å²) >= 11 is 0. The van der Waals surface area contributed by atoms with E-state index in [1.165, 1.54) is 12.1 Å². The Kier molecular flexibility index (Phi) is 6.23. The van der Waals surface area contributed by atoms with Crippen LogP contribution in [-0.4, -0.2) is 29.9 Å². The highest BCUT2D eigenvalue weighted by Crippen LogP contribution is 2.18. The van der Waals surface area contributed by atoms with E-state index in [-0.39, 0.29) is 23.0 Å². The van der Waals surface area contributed by atoms with E-state index >= 15 is 0 Å². The van der Waals surface area contributed by atoms with E-state index in [0.29, 0.717) is 11.6 Å². The van der Waals surface area contributed by atoms with Crippen molar-refractivity contribution in [2.45, 2.75) is 52.5 Å². The van der Waals surface area contributed by atoms with Crippen LogP contribution < -0.4 is 5.32 Å². The number of amides is 1. The van der Waals surface area contributed by atoms with Crippen LogP contribution in [-0.2, 0) is 27.6 Å². The molecule has 26 heavy (non-hydrogen) atoms. The first-order valence-electron chi connectivity index (χ1n) is 8.79. The standard InChI is InChI=1S/C19H27N3O3S/c1-6-26(24,25)17-9-7-16(8-10-17)20-19(23)11-18-14(4)21-22(15(18)5)12-13(2)3/h7-10,13H,6,11-12H2,1-5H3,(H,20,23). The van der Waals surface area contributed by atoms with Crippen LogP contribution in [0.5, 0.6) is 0 Å².